The summed E-state index contributed by atoms with van der Waals surface area (Å²) in [5.41, 5.74) is 0.913. The lowest BCUT2D eigenvalue weighted by atomic mass is 10.3. The second-order valence-corrected chi connectivity index (χ2v) is 4.34. The Labute approximate surface area is 92.5 Å². The fourth-order valence-electron chi connectivity index (χ4n) is 1.14. The standard InChI is InChI=1S/C9H6BrNO2S/c10-4-6-2-1-5-3-7(9(12)13)14-8(5)11-6/h1-3H,4H2,(H,12,13). The zero-order valence-electron chi connectivity index (χ0n) is 7.03. The summed E-state index contributed by atoms with van der Waals surface area (Å²) in [7, 11) is 0. The van der Waals surface area contributed by atoms with Crippen molar-refractivity contribution in [3.63, 3.8) is 0 Å². The fraction of sp³-hybridized carbons (Fsp3) is 0.111. The molecule has 0 spiro atoms. The van der Waals surface area contributed by atoms with Crippen molar-refractivity contribution >= 4 is 43.5 Å². The van der Waals surface area contributed by atoms with Gasteiger partial charge in [0, 0.05) is 10.7 Å². The third kappa shape index (κ3) is 1.65. The Hall–Kier alpha value is -0.940. The maximum atomic E-state index is 10.7. The molecule has 0 aliphatic rings. The van der Waals surface area contributed by atoms with Crippen LogP contribution < -0.4 is 0 Å². The number of thiophene rings is 1. The van der Waals surface area contributed by atoms with Crippen LogP contribution in [-0.2, 0) is 5.33 Å². The molecule has 0 radical (unpaired) electrons. The largest absolute Gasteiger partial charge is 0.477 e. The molecule has 2 aromatic heterocycles. The van der Waals surface area contributed by atoms with E-state index in [1.54, 1.807) is 6.07 Å². The van der Waals surface area contributed by atoms with Crippen LogP contribution in [0.4, 0.5) is 0 Å². The molecule has 3 nitrogen and oxygen atoms in total. The SMILES string of the molecule is O=C(O)c1cc2ccc(CBr)nc2s1. The number of aromatic carboxylic acids is 1. The van der Waals surface area contributed by atoms with Crippen LogP contribution in [0.3, 0.4) is 0 Å². The molecule has 0 unspecified atom stereocenters. The average molecular weight is 272 g/mol. The van der Waals surface area contributed by atoms with Crippen molar-refractivity contribution in [2.24, 2.45) is 0 Å². The lowest BCUT2D eigenvalue weighted by Crippen LogP contribution is -1.89. The lowest BCUT2D eigenvalue weighted by Gasteiger charge is -1.92. The fourth-order valence-corrected chi connectivity index (χ4v) is 2.34. The first-order chi connectivity index (χ1) is 6.70. The first-order valence-electron chi connectivity index (χ1n) is 3.89. The summed E-state index contributed by atoms with van der Waals surface area (Å²) in [6, 6.07) is 5.42. The zero-order valence-corrected chi connectivity index (χ0v) is 9.43. The Morgan fingerprint density at radius 1 is 1.57 bits per heavy atom. The molecule has 0 amide bonds. The third-order valence-electron chi connectivity index (χ3n) is 1.79. The van der Waals surface area contributed by atoms with Crippen molar-refractivity contribution in [2.75, 3.05) is 0 Å². The zero-order chi connectivity index (χ0) is 10.1. The molecule has 0 aliphatic heterocycles. The summed E-state index contributed by atoms with van der Waals surface area (Å²) in [6.45, 7) is 0. The van der Waals surface area contributed by atoms with Crippen LogP contribution in [-0.4, -0.2) is 16.1 Å². The van der Waals surface area contributed by atoms with Gasteiger partial charge in [-0.3, -0.25) is 0 Å². The molecule has 14 heavy (non-hydrogen) atoms. The predicted molar refractivity (Wildman–Crippen MR) is 59.2 cm³/mol. The van der Waals surface area contributed by atoms with Gasteiger partial charge in [0.25, 0.3) is 0 Å². The molecule has 2 rings (SSSR count). The van der Waals surface area contributed by atoms with Gasteiger partial charge in [-0.1, -0.05) is 22.0 Å². The highest BCUT2D eigenvalue weighted by molar-refractivity contribution is 9.08. The van der Waals surface area contributed by atoms with Gasteiger partial charge in [-0.05, 0) is 12.1 Å². The normalized spacial score (nSPS) is 10.6. The average Bonchev–Trinajstić information content (AvgIpc) is 2.59. The smallest absolute Gasteiger partial charge is 0.345 e. The van der Waals surface area contributed by atoms with Crippen molar-refractivity contribution in [1.29, 1.82) is 0 Å². The van der Waals surface area contributed by atoms with E-state index in [1.807, 2.05) is 12.1 Å². The van der Waals surface area contributed by atoms with Crippen molar-refractivity contribution in [2.45, 2.75) is 5.33 Å². The molecule has 0 aliphatic carbocycles. The highest BCUT2D eigenvalue weighted by Crippen LogP contribution is 2.24. The number of hydrogen-bond donors (Lipinski definition) is 1. The van der Waals surface area contributed by atoms with Crippen LogP contribution in [0.25, 0.3) is 10.2 Å². The maximum Gasteiger partial charge on any atom is 0.345 e. The van der Waals surface area contributed by atoms with Gasteiger partial charge >= 0.3 is 5.97 Å². The molecule has 2 aromatic rings. The molecular weight excluding hydrogens is 266 g/mol. The Morgan fingerprint density at radius 3 is 3.00 bits per heavy atom. The highest BCUT2D eigenvalue weighted by Gasteiger charge is 2.09. The van der Waals surface area contributed by atoms with E-state index in [-0.39, 0.29) is 0 Å². The van der Waals surface area contributed by atoms with Crippen molar-refractivity contribution in [3.05, 3.63) is 28.8 Å². The van der Waals surface area contributed by atoms with E-state index >= 15 is 0 Å². The molecule has 1 N–H and O–H groups in total. The van der Waals surface area contributed by atoms with Gasteiger partial charge in [-0.25, -0.2) is 9.78 Å². The van der Waals surface area contributed by atoms with Crippen LogP contribution >= 0.6 is 27.3 Å². The van der Waals surface area contributed by atoms with E-state index in [4.69, 9.17) is 5.11 Å². The summed E-state index contributed by atoms with van der Waals surface area (Å²) < 4.78 is 0. The van der Waals surface area contributed by atoms with Gasteiger partial charge in [-0.15, -0.1) is 11.3 Å². The van der Waals surface area contributed by atoms with Crippen LogP contribution in [0.1, 0.15) is 15.4 Å². The number of fused-ring (bicyclic) bond motifs is 1. The van der Waals surface area contributed by atoms with E-state index in [2.05, 4.69) is 20.9 Å². The number of aromatic nitrogens is 1. The lowest BCUT2D eigenvalue weighted by molar-refractivity contribution is 0.0702. The molecule has 2 heterocycles. The van der Waals surface area contributed by atoms with Crippen LogP contribution in [0, 0.1) is 0 Å². The molecule has 0 saturated carbocycles. The number of carboxylic acid groups (broad SMARTS) is 1. The summed E-state index contributed by atoms with van der Waals surface area (Å²) >= 11 is 4.51. The first kappa shape index (κ1) is 9.61. The number of nitrogens with zero attached hydrogens (tertiary/aromatic N) is 1. The highest BCUT2D eigenvalue weighted by atomic mass is 79.9. The molecule has 0 atom stereocenters. The predicted octanol–water partition coefficient (Wildman–Crippen LogP) is 2.89. The van der Waals surface area contributed by atoms with E-state index in [9.17, 15) is 4.79 Å². The number of rotatable bonds is 2. The number of halogens is 1. The number of pyridine rings is 1. The molecule has 0 bridgehead atoms. The van der Waals surface area contributed by atoms with Gasteiger partial charge in [-0.2, -0.15) is 0 Å². The summed E-state index contributed by atoms with van der Waals surface area (Å²) in [5, 5.41) is 10.4. The summed E-state index contributed by atoms with van der Waals surface area (Å²) in [4.78, 5) is 16.1. The molecular formula is C9H6BrNO2S. The van der Waals surface area contributed by atoms with Crippen molar-refractivity contribution < 1.29 is 9.90 Å². The Balaban J connectivity index is 2.60. The summed E-state index contributed by atoms with van der Waals surface area (Å²) in [6.07, 6.45) is 0. The first-order valence-corrected chi connectivity index (χ1v) is 5.83. The molecule has 0 fully saturated rings. The van der Waals surface area contributed by atoms with E-state index < -0.39 is 5.97 Å². The van der Waals surface area contributed by atoms with E-state index in [1.165, 1.54) is 11.3 Å². The van der Waals surface area contributed by atoms with Crippen LogP contribution in [0.2, 0.25) is 0 Å². The Bertz CT molecular complexity index is 495. The minimum Gasteiger partial charge on any atom is -0.477 e. The minimum absolute atomic E-state index is 0.333. The monoisotopic (exact) mass is 271 g/mol. The Morgan fingerprint density at radius 2 is 2.36 bits per heavy atom. The number of hydrogen-bond acceptors (Lipinski definition) is 3. The van der Waals surface area contributed by atoms with Crippen molar-refractivity contribution in [3.8, 4) is 0 Å². The van der Waals surface area contributed by atoms with Crippen LogP contribution in [0.5, 0.6) is 0 Å². The van der Waals surface area contributed by atoms with E-state index in [0.717, 1.165) is 15.9 Å². The molecule has 0 aromatic carbocycles. The molecule has 0 saturated heterocycles. The summed E-state index contributed by atoms with van der Waals surface area (Å²) in [5.74, 6) is -0.895. The minimum atomic E-state index is -0.895. The van der Waals surface area contributed by atoms with Gasteiger partial charge in [0.05, 0.1) is 5.69 Å². The van der Waals surface area contributed by atoms with Gasteiger partial charge in [0.1, 0.15) is 9.71 Å². The maximum absolute atomic E-state index is 10.7. The molecule has 5 heteroatoms. The van der Waals surface area contributed by atoms with Gasteiger partial charge < -0.3 is 5.11 Å². The van der Waals surface area contributed by atoms with E-state index in [0.29, 0.717) is 10.2 Å². The number of carbonyl (C=O) groups is 1. The Kier molecular flexibility index (Phi) is 2.52. The van der Waals surface area contributed by atoms with Gasteiger partial charge in [0.15, 0.2) is 0 Å². The van der Waals surface area contributed by atoms with Gasteiger partial charge in [0.2, 0.25) is 0 Å². The quantitative estimate of drug-likeness (QED) is 0.855. The third-order valence-corrected chi connectivity index (χ3v) is 3.40. The number of alkyl halides is 1. The number of carboxylic acids is 1. The van der Waals surface area contributed by atoms with Crippen LogP contribution in [0.15, 0.2) is 18.2 Å². The topological polar surface area (TPSA) is 50.2 Å². The second kappa shape index (κ2) is 3.67. The van der Waals surface area contributed by atoms with Crippen molar-refractivity contribution in [1.82, 2.24) is 4.98 Å². The molecule has 72 valence electrons. The second-order valence-electron chi connectivity index (χ2n) is 2.75.